The van der Waals surface area contributed by atoms with Crippen molar-refractivity contribution in [1.29, 1.82) is 0 Å². The molecule has 5 nitrogen and oxygen atoms in total. The molecular formula is C13H17N3O2. The van der Waals surface area contributed by atoms with Crippen molar-refractivity contribution in [3.05, 3.63) is 24.0 Å². The third-order valence-electron chi connectivity index (χ3n) is 3.10. The lowest BCUT2D eigenvalue weighted by molar-refractivity contribution is -0.131. The molecule has 1 aromatic rings. The molecule has 1 unspecified atom stereocenters. The summed E-state index contributed by atoms with van der Waals surface area (Å²) in [5.74, 6) is -0.147. The van der Waals surface area contributed by atoms with Gasteiger partial charge in [0.1, 0.15) is 6.04 Å². The summed E-state index contributed by atoms with van der Waals surface area (Å²) in [4.78, 5) is 29.8. The van der Waals surface area contributed by atoms with E-state index in [2.05, 4.69) is 10.3 Å². The molecule has 0 radical (unpaired) electrons. The Labute approximate surface area is 106 Å². The molecule has 96 valence electrons. The summed E-state index contributed by atoms with van der Waals surface area (Å²) in [6.07, 6.45) is 1.68. The first-order chi connectivity index (χ1) is 8.52. The van der Waals surface area contributed by atoms with Crippen molar-refractivity contribution < 1.29 is 9.59 Å². The molecule has 2 amide bonds. The lowest BCUT2D eigenvalue weighted by atomic mass is 9.98. The van der Waals surface area contributed by atoms with E-state index in [1.165, 1.54) is 0 Å². The van der Waals surface area contributed by atoms with E-state index < -0.39 is 6.04 Å². The van der Waals surface area contributed by atoms with Crippen molar-refractivity contribution in [2.75, 3.05) is 11.4 Å². The van der Waals surface area contributed by atoms with Gasteiger partial charge in [-0.15, -0.1) is 0 Å². The smallest absolute Gasteiger partial charge is 0.247 e. The average Bonchev–Trinajstić information content (AvgIpc) is 2.32. The Hall–Kier alpha value is -1.91. The van der Waals surface area contributed by atoms with Gasteiger partial charge in [-0.3, -0.25) is 19.5 Å². The molecule has 1 atom stereocenters. The second kappa shape index (κ2) is 4.76. The number of hydrogen-bond donors (Lipinski definition) is 1. The summed E-state index contributed by atoms with van der Waals surface area (Å²) in [6.45, 7) is 5.76. The van der Waals surface area contributed by atoms with E-state index in [-0.39, 0.29) is 24.3 Å². The zero-order valence-electron chi connectivity index (χ0n) is 10.8. The molecule has 1 N–H and O–H groups in total. The maximum Gasteiger partial charge on any atom is 0.247 e. The molecule has 2 heterocycles. The zero-order valence-corrected chi connectivity index (χ0v) is 10.8. The van der Waals surface area contributed by atoms with Gasteiger partial charge in [-0.25, -0.2) is 0 Å². The fourth-order valence-electron chi connectivity index (χ4n) is 2.24. The van der Waals surface area contributed by atoms with Crippen molar-refractivity contribution in [3.8, 4) is 0 Å². The lowest BCUT2D eigenvalue weighted by Gasteiger charge is -2.37. The number of carbonyl (C=O) groups is 2. The van der Waals surface area contributed by atoms with E-state index in [1.54, 1.807) is 17.2 Å². The number of piperazine rings is 1. The van der Waals surface area contributed by atoms with Crippen LogP contribution in [0.2, 0.25) is 0 Å². The van der Waals surface area contributed by atoms with E-state index in [0.29, 0.717) is 0 Å². The summed E-state index contributed by atoms with van der Waals surface area (Å²) >= 11 is 0. The van der Waals surface area contributed by atoms with E-state index in [4.69, 9.17) is 0 Å². The van der Waals surface area contributed by atoms with E-state index in [0.717, 1.165) is 11.4 Å². The van der Waals surface area contributed by atoms with Crippen LogP contribution in [0.1, 0.15) is 19.5 Å². The monoisotopic (exact) mass is 247 g/mol. The number of hydrogen-bond acceptors (Lipinski definition) is 3. The minimum absolute atomic E-state index is 0.0499. The zero-order chi connectivity index (χ0) is 13.3. The quantitative estimate of drug-likeness (QED) is 0.843. The summed E-state index contributed by atoms with van der Waals surface area (Å²) in [5, 5.41) is 2.63. The Morgan fingerprint density at radius 1 is 1.44 bits per heavy atom. The van der Waals surface area contributed by atoms with Crippen LogP contribution in [-0.4, -0.2) is 29.4 Å². The minimum atomic E-state index is -0.464. The molecule has 1 saturated heterocycles. The molecule has 0 spiro atoms. The third kappa shape index (κ3) is 2.08. The number of aryl methyl sites for hydroxylation is 1. The second-order valence-corrected chi connectivity index (χ2v) is 4.78. The SMILES string of the molecule is Cc1ncccc1N1C(=O)CNC(=O)C1C(C)C. The van der Waals surface area contributed by atoms with Gasteiger partial charge in [0, 0.05) is 6.20 Å². The van der Waals surface area contributed by atoms with Gasteiger partial charge in [-0.05, 0) is 25.0 Å². The highest BCUT2D eigenvalue weighted by molar-refractivity contribution is 6.06. The molecule has 1 fully saturated rings. The number of nitrogens with one attached hydrogen (secondary N) is 1. The van der Waals surface area contributed by atoms with Crippen molar-refractivity contribution >= 4 is 17.5 Å². The topological polar surface area (TPSA) is 62.3 Å². The highest BCUT2D eigenvalue weighted by Crippen LogP contribution is 2.25. The molecule has 0 saturated carbocycles. The Morgan fingerprint density at radius 3 is 2.78 bits per heavy atom. The number of nitrogens with zero attached hydrogens (tertiary/aromatic N) is 2. The van der Waals surface area contributed by atoms with Crippen LogP contribution in [0.3, 0.4) is 0 Å². The molecule has 18 heavy (non-hydrogen) atoms. The molecule has 2 rings (SSSR count). The van der Waals surface area contributed by atoms with Crippen molar-refractivity contribution in [2.45, 2.75) is 26.8 Å². The highest BCUT2D eigenvalue weighted by Gasteiger charge is 2.38. The van der Waals surface area contributed by atoms with Crippen LogP contribution in [0, 0.1) is 12.8 Å². The molecular weight excluding hydrogens is 230 g/mol. The molecule has 5 heteroatoms. The average molecular weight is 247 g/mol. The van der Waals surface area contributed by atoms with Crippen LogP contribution >= 0.6 is 0 Å². The summed E-state index contributed by atoms with van der Waals surface area (Å²) in [6, 6.07) is 3.14. The van der Waals surface area contributed by atoms with Crippen LogP contribution in [0.4, 0.5) is 5.69 Å². The van der Waals surface area contributed by atoms with E-state index in [9.17, 15) is 9.59 Å². The van der Waals surface area contributed by atoms with Crippen LogP contribution in [0.5, 0.6) is 0 Å². The first-order valence-electron chi connectivity index (χ1n) is 6.03. The van der Waals surface area contributed by atoms with Crippen LogP contribution < -0.4 is 10.2 Å². The maximum absolute atomic E-state index is 12.1. The van der Waals surface area contributed by atoms with Gasteiger partial charge in [-0.2, -0.15) is 0 Å². The Kier molecular flexibility index (Phi) is 3.32. The van der Waals surface area contributed by atoms with Crippen LogP contribution in [0.15, 0.2) is 18.3 Å². The Balaban J connectivity index is 2.47. The fraction of sp³-hybridized carbons (Fsp3) is 0.462. The first kappa shape index (κ1) is 12.5. The minimum Gasteiger partial charge on any atom is -0.345 e. The number of rotatable bonds is 2. The highest BCUT2D eigenvalue weighted by atomic mass is 16.2. The summed E-state index contributed by atoms with van der Waals surface area (Å²) in [7, 11) is 0. The van der Waals surface area contributed by atoms with Crippen LogP contribution in [-0.2, 0) is 9.59 Å². The standard InChI is InChI=1S/C13H17N3O2/c1-8(2)12-13(18)15-7-11(17)16(12)10-5-4-6-14-9(10)3/h4-6,8,12H,7H2,1-3H3,(H,15,18). The Morgan fingerprint density at radius 2 is 2.17 bits per heavy atom. The van der Waals surface area contributed by atoms with E-state index >= 15 is 0 Å². The first-order valence-corrected chi connectivity index (χ1v) is 6.03. The van der Waals surface area contributed by atoms with Crippen molar-refractivity contribution in [1.82, 2.24) is 10.3 Å². The third-order valence-corrected chi connectivity index (χ3v) is 3.10. The van der Waals surface area contributed by atoms with Crippen LogP contribution in [0.25, 0.3) is 0 Å². The summed E-state index contributed by atoms with van der Waals surface area (Å²) in [5.41, 5.74) is 1.47. The molecule has 0 aromatic carbocycles. The molecule has 0 bridgehead atoms. The predicted octanol–water partition coefficient (Wildman–Crippen LogP) is 0.877. The maximum atomic E-state index is 12.1. The van der Waals surface area contributed by atoms with Gasteiger partial charge in [0.05, 0.1) is 17.9 Å². The van der Waals surface area contributed by atoms with Gasteiger partial charge in [0.2, 0.25) is 11.8 Å². The molecule has 1 aliphatic heterocycles. The number of carbonyl (C=O) groups excluding carboxylic acids is 2. The predicted molar refractivity (Wildman–Crippen MR) is 68.1 cm³/mol. The van der Waals surface area contributed by atoms with Gasteiger partial charge in [0.15, 0.2) is 0 Å². The largest absolute Gasteiger partial charge is 0.345 e. The number of amides is 2. The second-order valence-electron chi connectivity index (χ2n) is 4.78. The normalized spacial score (nSPS) is 20.2. The molecule has 1 aliphatic rings. The number of aromatic nitrogens is 1. The number of pyridine rings is 1. The number of anilines is 1. The molecule has 1 aromatic heterocycles. The van der Waals surface area contributed by atoms with Crippen molar-refractivity contribution in [2.24, 2.45) is 5.92 Å². The van der Waals surface area contributed by atoms with Gasteiger partial charge in [-0.1, -0.05) is 13.8 Å². The van der Waals surface area contributed by atoms with Gasteiger partial charge < -0.3 is 5.32 Å². The van der Waals surface area contributed by atoms with Gasteiger partial charge in [0.25, 0.3) is 0 Å². The van der Waals surface area contributed by atoms with Crippen molar-refractivity contribution in [3.63, 3.8) is 0 Å². The Bertz CT molecular complexity index is 485. The van der Waals surface area contributed by atoms with E-state index in [1.807, 2.05) is 26.8 Å². The lowest BCUT2D eigenvalue weighted by Crippen LogP contribution is -2.60. The summed E-state index contributed by atoms with van der Waals surface area (Å²) < 4.78 is 0. The fourth-order valence-corrected chi connectivity index (χ4v) is 2.24. The van der Waals surface area contributed by atoms with Gasteiger partial charge >= 0.3 is 0 Å². The molecule has 0 aliphatic carbocycles.